The van der Waals surface area contributed by atoms with Crippen LogP contribution in [0.1, 0.15) is 16.8 Å². The standard InChI is InChI=1S/C23H16N4/c1-14-2-8-19(24)22-18-7-6-17(27-21(18)13-26-23(14)22)5-3-15-4-9-20-16(12-15)10-11-25-20/h2,4,6-13,25H,24H2,1H3. The van der Waals surface area contributed by atoms with E-state index in [2.05, 4.69) is 32.9 Å². The molecule has 5 aromatic rings. The quantitative estimate of drug-likeness (QED) is 0.245. The summed E-state index contributed by atoms with van der Waals surface area (Å²) < 4.78 is 0. The van der Waals surface area contributed by atoms with Gasteiger partial charge in [0.1, 0.15) is 5.69 Å². The van der Waals surface area contributed by atoms with Crippen LogP contribution >= 0.6 is 0 Å². The summed E-state index contributed by atoms with van der Waals surface area (Å²) in [5.41, 5.74) is 12.5. The Balaban J connectivity index is 1.61. The minimum absolute atomic E-state index is 0.712. The van der Waals surface area contributed by atoms with Crippen molar-refractivity contribution in [2.45, 2.75) is 6.92 Å². The SMILES string of the molecule is Cc1ccc(N)c2c1ncc1nc(C#Cc3ccc4[nH]ccc4c3)ccc12. The lowest BCUT2D eigenvalue weighted by atomic mass is 10.0. The second-order valence-electron chi connectivity index (χ2n) is 6.61. The molecule has 0 unspecified atom stereocenters. The minimum atomic E-state index is 0.712. The maximum atomic E-state index is 6.20. The van der Waals surface area contributed by atoms with E-state index in [0.717, 1.165) is 43.8 Å². The molecule has 0 aliphatic carbocycles. The summed E-state index contributed by atoms with van der Waals surface area (Å²) in [4.78, 5) is 12.4. The van der Waals surface area contributed by atoms with Crippen LogP contribution in [0.2, 0.25) is 0 Å². The molecule has 4 heteroatoms. The molecule has 0 spiro atoms. The molecule has 3 heterocycles. The molecule has 0 amide bonds. The molecule has 0 aliphatic rings. The first-order valence-corrected chi connectivity index (χ1v) is 8.73. The molecule has 5 rings (SSSR count). The lowest BCUT2D eigenvalue weighted by Gasteiger charge is -2.08. The van der Waals surface area contributed by atoms with E-state index in [1.165, 1.54) is 0 Å². The predicted octanol–water partition coefficient (Wildman–Crippen LogP) is 4.55. The van der Waals surface area contributed by atoms with Gasteiger partial charge in [-0.15, -0.1) is 0 Å². The Bertz CT molecular complexity index is 1400. The van der Waals surface area contributed by atoms with Crippen molar-refractivity contribution >= 4 is 38.4 Å². The van der Waals surface area contributed by atoms with Crippen molar-refractivity contribution in [3.8, 4) is 11.8 Å². The summed E-state index contributed by atoms with van der Waals surface area (Å²) in [6.45, 7) is 2.04. The fourth-order valence-corrected chi connectivity index (χ4v) is 3.41. The van der Waals surface area contributed by atoms with Crippen molar-refractivity contribution in [1.29, 1.82) is 0 Å². The first-order chi connectivity index (χ1) is 13.2. The molecule has 0 aliphatic heterocycles. The van der Waals surface area contributed by atoms with E-state index in [1.807, 2.05) is 55.6 Å². The number of H-pyrrole nitrogens is 1. The van der Waals surface area contributed by atoms with E-state index < -0.39 is 0 Å². The summed E-state index contributed by atoms with van der Waals surface area (Å²) >= 11 is 0. The summed E-state index contributed by atoms with van der Waals surface area (Å²) in [5.74, 6) is 6.35. The van der Waals surface area contributed by atoms with Crippen LogP contribution in [-0.4, -0.2) is 15.0 Å². The molecular formula is C23H16N4. The van der Waals surface area contributed by atoms with Crippen molar-refractivity contribution in [2.24, 2.45) is 0 Å². The Labute approximate surface area is 156 Å². The minimum Gasteiger partial charge on any atom is -0.398 e. The summed E-state index contributed by atoms with van der Waals surface area (Å²) in [5, 5.41) is 3.10. The van der Waals surface area contributed by atoms with E-state index in [9.17, 15) is 0 Å². The molecule has 0 radical (unpaired) electrons. The Morgan fingerprint density at radius 1 is 1.00 bits per heavy atom. The van der Waals surface area contributed by atoms with Crippen LogP contribution in [0.15, 0.2) is 60.9 Å². The van der Waals surface area contributed by atoms with Crippen LogP contribution in [0, 0.1) is 18.8 Å². The van der Waals surface area contributed by atoms with Gasteiger partial charge in [0.25, 0.3) is 0 Å². The molecule has 27 heavy (non-hydrogen) atoms. The van der Waals surface area contributed by atoms with E-state index in [0.29, 0.717) is 11.4 Å². The van der Waals surface area contributed by atoms with Gasteiger partial charge in [-0.25, -0.2) is 4.98 Å². The molecule has 128 valence electrons. The maximum absolute atomic E-state index is 6.20. The lowest BCUT2D eigenvalue weighted by Crippen LogP contribution is -1.94. The van der Waals surface area contributed by atoms with Gasteiger partial charge in [-0.3, -0.25) is 4.98 Å². The van der Waals surface area contributed by atoms with Crippen molar-refractivity contribution in [3.63, 3.8) is 0 Å². The Hall–Kier alpha value is -3.84. The van der Waals surface area contributed by atoms with E-state index in [1.54, 1.807) is 6.20 Å². The van der Waals surface area contributed by atoms with Crippen molar-refractivity contribution < 1.29 is 0 Å². The van der Waals surface area contributed by atoms with Gasteiger partial charge >= 0.3 is 0 Å². The number of hydrogen-bond donors (Lipinski definition) is 2. The van der Waals surface area contributed by atoms with Gasteiger partial charge in [0.05, 0.1) is 17.2 Å². The number of pyridine rings is 2. The van der Waals surface area contributed by atoms with Gasteiger partial charge in [0, 0.05) is 39.1 Å². The van der Waals surface area contributed by atoms with Crippen LogP contribution in [0.4, 0.5) is 5.69 Å². The zero-order chi connectivity index (χ0) is 18.4. The number of hydrogen-bond acceptors (Lipinski definition) is 3. The summed E-state index contributed by atoms with van der Waals surface area (Å²) in [7, 11) is 0. The Morgan fingerprint density at radius 2 is 1.93 bits per heavy atom. The second kappa shape index (κ2) is 5.86. The fourth-order valence-electron chi connectivity index (χ4n) is 3.41. The number of benzene rings is 2. The fraction of sp³-hybridized carbons (Fsp3) is 0.0435. The van der Waals surface area contributed by atoms with E-state index in [4.69, 9.17) is 5.73 Å². The first-order valence-electron chi connectivity index (χ1n) is 8.73. The number of nitrogens with zero attached hydrogens (tertiary/aromatic N) is 2. The Morgan fingerprint density at radius 3 is 2.85 bits per heavy atom. The van der Waals surface area contributed by atoms with Crippen LogP contribution in [0.5, 0.6) is 0 Å². The van der Waals surface area contributed by atoms with E-state index >= 15 is 0 Å². The average molecular weight is 348 g/mol. The van der Waals surface area contributed by atoms with Crippen LogP contribution in [-0.2, 0) is 0 Å². The number of nitrogens with two attached hydrogens (primary N) is 1. The largest absolute Gasteiger partial charge is 0.398 e. The molecule has 0 bridgehead atoms. The number of anilines is 1. The normalized spacial score (nSPS) is 11.0. The van der Waals surface area contributed by atoms with E-state index in [-0.39, 0.29) is 0 Å². The monoisotopic (exact) mass is 348 g/mol. The van der Waals surface area contributed by atoms with Crippen molar-refractivity contribution in [2.75, 3.05) is 5.73 Å². The first kappa shape index (κ1) is 15.4. The number of aromatic nitrogens is 3. The lowest BCUT2D eigenvalue weighted by molar-refractivity contribution is 1.32. The number of rotatable bonds is 0. The van der Waals surface area contributed by atoms with Gasteiger partial charge in [-0.05, 0) is 60.9 Å². The molecule has 3 N–H and O–H groups in total. The zero-order valence-electron chi connectivity index (χ0n) is 14.7. The summed E-state index contributed by atoms with van der Waals surface area (Å²) in [6.07, 6.45) is 3.72. The van der Waals surface area contributed by atoms with Crippen LogP contribution in [0.25, 0.3) is 32.7 Å². The van der Waals surface area contributed by atoms with Gasteiger partial charge in [0.15, 0.2) is 0 Å². The molecule has 0 atom stereocenters. The van der Waals surface area contributed by atoms with Crippen LogP contribution in [0.3, 0.4) is 0 Å². The van der Waals surface area contributed by atoms with Crippen molar-refractivity contribution in [3.05, 3.63) is 77.7 Å². The Kier molecular flexibility index (Phi) is 3.34. The summed E-state index contributed by atoms with van der Waals surface area (Å²) in [6, 6.07) is 16.0. The second-order valence-corrected chi connectivity index (χ2v) is 6.61. The predicted molar refractivity (Wildman–Crippen MR) is 110 cm³/mol. The smallest absolute Gasteiger partial charge is 0.114 e. The average Bonchev–Trinajstić information content (AvgIpc) is 3.16. The third kappa shape index (κ3) is 2.57. The highest BCUT2D eigenvalue weighted by Crippen LogP contribution is 2.29. The highest BCUT2D eigenvalue weighted by atomic mass is 14.8. The molecular weight excluding hydrogens is 332 g/mol. The molecule has 4 nitrogen and oxygen atoms in total. The molecule has 0 saturated heterocycles. The zero-order valence-corrected chi connectivity index (χ0v) is 14.7. The van der Waals surface area contributed by atoms with Gasteiger partial charge in [-0.1, -0.05) is 12.0 Å². The number of aryl methyl sites for hydroxylation is 1. The number of fused-ring (bicyclic) bond motifs is 4. The highest BCUT2D eigenvalue weighted by Gasteiger charge is 2.08. The molecule has 0 saturated carbocycles. The number of aromatic amines is 1. The van der Waals surface area contributed by atoms with Gasteiger partial charge < -0.3 is 10.7 Å². The van der Waals surface area contributed by atoms with Gasteiger partial charge in [0.2, 0.25) is 0 Å². The van der Waals surface area contributed by atoms with Crippen LogP contribution < -0.4 is 5.73 Å². The topological polar surface area (TPSA) is 67.6 Å². The molecule has 0 fully saturated rings. The highest BCUT2D eigenvalue weighted by molar-refractivity contribution is 6.11. The third-order valence-corrected chi connectivity index (χ3v) is 4.81. The number of nitrogen functional groups attached to an aromatic ring is 1. The third-order valence-electron chi connectivity index (χ3n) is 4.81. The van der Waals surface area contributed by atoms with Crippen molar-refractivity contribution in [1.82, 2.24) is 15.0 Å². The molecule has 2 aromatic carbocycles. The molecule has 3 aromatic heterocycles. The van der Waals surface area contributed by atoms with Gasteiger partial charge in [-0.2, -0.15) is 0 Å². The number of nitrogens with one attached hydrogen (secondary N) is 1. The maximum Gasteiger partial charge on any atom is 0.114 e.